The molecule has 3 aromatic heterocycles. The van der Waals surface area contributed by atoms with Crippen molar-refractivity contribution in [2.45, 2.75) is 57.8 Å². The maximum atomic E-state index is 14.8. The zero-order valence-electron chi connectivity index (χ0n) is 23.1. The van der Waals surface area contributed by atoms with Crippen LogP contribution in [0.2, 0.25) is 0 Å². The standard InChI is InChI=1S/C31H34FN7O/c1-20-13-22-14-34-16-27(32)26(22)17-39(20)30-24-9-12-38(29-7-3-5-21-8-10-33-15-25(21)29)18-28(24)35-31(36-30)40-19-23-6-4-11-37(23)2/h3,5,7-8,10,14-16,20,23H,4,6,9,11-13,17-19H2,1-2H3/t20-,23-/m0/s1. The van der Waals surface area contributed by atoms with Crippen molar-refractivity contribution in [2.24, 2.45) is 0 Å². The number of nitrogens with zero attached hydrogens (tertiary/aromatic N) is 7. The Morgan fingerprint density at radius 2 is 1.95 bits per heavy atom. The van der Waals surface area contributed by atoms with Gasteiger partial charge in [0.1, 0.15) is 18.2 Å². The van der Waals surface area contributed by atoms with Gasteiger partial charge in [-0.2, -0.15) is 9.97 Å². The molecule has 7 rings (SSSR count). The molecule has 3 aliphatic rings. The van der Waals surface area contributed by atoms with Gasteiger partial charge in [-0.25, -0.2) is 4.39 Å². The molecular weight excluding hydrogens is 505 g/mol. The number of benzene rings is 1. The zero-order valence-corrected chi connectivity index (χ0v) is 23.1. The Hall–Kier alpha value is -3.85. The van der Waals surface area contributed by atoms with Crippen LogP contribution in [0.3, 0.4) is 0 Å². The van der Waals surface area contributed by atoms with E-state index < -0.39 is 0 Å². The normalized spacial score (nSPS) is 21.0. The summed E-state index contributed by atoms with van der Waals surface area (Å²) in [7, 11) is 2.15. The summed E-state index contributed by atoms with van der Waals surface area (Å²) in [4.78, 5) is 25.4. The lowest BCUT2D eigenvalue weighted by Crippen LogP contribution is -2.41. The van der Waals surface area contributed by atoms with Gasteiger partial charge in [-0.05, 0) is 69.3 Å². The molecule has 0 saturated carbocycles. The summed E-state index contributed by atoms with van der Waals surface area (Å²) in [6.07, 6.45) is 10.7. The highest BCUT2D eigenvalue weighted by atomic mass is 19.1. The molecule has 2 atom stereocenters. The van der Waals surface area contributed by atoms with Crippen LogP contribution in [0.5, 0.6) is 6.01 Å². The van der Waals surface area contributed by atoms with Gasteiger partial charge < -0.3 is 19.4 Å². The van der Waals surface area contributed by atoms with Crippen molar-refractivity contribution in [3.63, 3.8) is 0 Å². The first-order chi connectivity index (χ1) is 19.5. The maximum Gasteiger partial charge on any atom is 0.318 e. The van der Waals surface area contributed by atoms with Crippen molar-refractivity contribution < 1.29 is 9.13 Å². The number of rotatable bonds is 5. The topological polar surface area (TPSA) is 70.5 Å². The van der Waals surface area contributed by atoms with E-state index in [0.717, 1.165) is 66.1 Å². The summed E-state index contributed by atoms with van der Waals surface area (Å²) >= 11 is 0. The smallest absolute Gasteiger partial charge is 0.318 e. The van der Waals surface area contributed by atoms with Crippen LogP contribution in [0, 0.1) is 5.82 Å². The minimum Gasteiger partial charge on any atom is -0.462 e. The molecule has 0 bridgehead atoms. The molecule has 206 valence electrons. The Kier molecular flexibility index (Phi) is 6.46. The van der Waals surface area contributed by atoms with Crippen LogP contribution in [0.25, 0.3) is 10.8 Å². The fourth-order valence-corrected chi connectivity index (χ4v) is 6.52. The molecule has 0 unspecified atom stereocenters. The van der Waals surface area contributed by atoms with Crippen LogP contribution in [-0.2, 0) is 25.9 Å². The molecule has 0 N–H and O–H groups in total. The Labute approximate surface area is 233 Å². The maximum absolute atomic E-state index is 14.8. The molecule has 1 saturated heterocycles. The first-order valence-electron chi connectivity index (χ1n) is 14.2. The van der Waals surface area contributed by atoms with Gasteiger partial charge in [0.25, 0.3) is 0 Å². The second-order valence-corrected chi connectivity index (χ2v) is 11.3. The van der Waals surface area contributed by atoms with E-state index in [-0.39, 0.29) is 11.9 Å². The number of halogens is 1. The van der Waals surface area contributed by atoms with Gasteiger partial charge >= 0.3 is 6.01 Å². The van der Waals surface area contributed by atoms with E-state index >= 15 is 0 Å². The number of pyridine rings is 2. The zero-order chi connectivity index (χ0) is 27.2. The molecule has 1 aromatic carbocycles. The second kappa shape index (κ2) is 10.3. The number of anilines is 2. The summed E-state index contributed by atoms with van der Waals surface area (Å²) in [5.74, 6) is 0.613. The van der Waals surface area contributed by atoms with Crippen molar-refractivity contribution >= 4 is 22.3 Å². The Balaban J connectivity index is 1.26. The molecule has 0 aliphatic carbocycles. The van der Waals surface area contributed by atoms with Crippen LogP contribution in [0.1, 0.15) is 42.1 Å². The van der Waals surface area contributed by atoms with Gasteiger partial charge in [-0.3, -0.25) is 9.97 Å². The fraction of sp³-hybridized carbons (Fsp3) is 0.419. The molecule has 8 nitrogen and oxygen atoms in total. The molecule has 0 amide bonds. The van der Waals surface area contributed by atoms with Gasteiger partial charge in [0.2, 0.25) is 0 Å². The number of likely N-dealkylation sites (N-methyl/N-ethyl adjacent to an activating group) is 1. The number of likely N-dealkylation sites (tertiary alicyclic amines) is 1. The Morgan fingerprint density at radius 1 is 1.02 bits per heavy atom. The number of hydrogen-bond donors (Lipinski definition) is 0. The van der Waals surface area contributed by atoms with Crippen molar-refractivity contribution in [3.05, 3.63) is 77.3 Å². The predicted molar refractivity (Wildman–Crippen MR) is 153 cm³/mol. The molecule has 9 heteroatoms. The second-order valence-electron chi connectivity index (χ2n) is 11.3. The fourth-order valence-electron chi connectivity index (χ4n) is 6.52. The largest absolute Gasteiger partial charge is 0.462 e. The average molecular weight is 540 g/mol. The van der Waals surface area contributed by atoms with E-state index in [1.165, 1.54) is 18.0 Å². The van der Waals surface area contributed by atoms with E-state index in [2.05, 4.69) is 56.8 Å². The molecule has 1 fully saturated rings. The minimum absolute atomic E-state index is 0.145. The van der Waals surface area contributed by atoms with Gasteiger partial charge in [-0.15, -0.1) is 0 Å². The number of ether oxygens (including phenoxy) is 1. The molecule has 6 heterocycles. The number of aromatic nitrogens is 4. The first kappa shape index (κ1) is 25.1. The minimum atomic E-state index is -0.256. The Bertz CT molecular complexity index is 1560. The van der Waals surface area contributed by atoms with Crippen molar-refractivity contribution in [3.8, 4) is 6.01 Å². The molecule has 0 spiro atoms. The van der Waals surface area contributed by atoms with E-state index in [1.54, 1.807) is 6.20 Å². The third kappa shape index (κ3) is 4.52. The SMILES string of the molecule is C[C@H]1Cc2cncc(F)c2CN1c1nc(OC[C@@H]2CCCN2C)nc2c1CCN(c1cccc3ccncc13)C2. The summed E-state index contributed by atoms with van der Waals surface area (Å²) in [5.41, 5.74) is 4.94. The van der Waals surface area contributed by atoms with E-state index in [9.17, 15) is 4.39 Å². The van der Waals surface area contributed by atoms with Crippen LogP contribution in [-0.4, -0.2) is 63.7 Å². The van der Waals surface area contributed by atoms with Crippen molar-refractivity contribution in [2.75, 3.05) is 36.5 Å². The lowest BCUT2D eigenvalue weighted by molar-refractivity contribution is 0.187. The molecule has 4 aromatic rings. The summed E-state index contributed by atoms with van der Waals surface area (Å²) < 4.78 is 21.1. The van der Waals surface area contributed by atoms with Crippen LogP contribution < -0.4 is 14.5 Å². The third-order valence-electron chi connectivity index (χ3n) is 8.84. The monoisotopic (exact) mass is 539 g/mol. The van der Waals surface area contributed by atoms with E-state index in [1.807, 2.05) is 18.5 Å². The Morgan fingerprint density at radius 3 is 2.83 bits per heavy atom. The van der Waals surface area contributed by atoms with Gasteiger partial charge in [0.05, 0.1) is 18.4 Å². The van der Waals surface area contributed by atoms with Crippen molar-refractivity contribution in [1.82, 2.24) is 24.8 Å². The van der Waals surface area contributed by atoms with Gasteiger partial charge in [-0.1, -0.05) is 12.1 Å². The quantitative estimate of drug-likeness (QED) is 0.366. The first-order valence-corrected chi connectivity index (χ1v) is 14.2. The summed E-state index contributed by atoms with van der Waals surface area (Å²) in [5, 5.41) is 2.30. The van der Waals surface area contributed by atoms with E-state index in [0.29, 0.717) is 37.3 Å². The summed E-state index contributed by atoms with van der Waals surface area (Å²) in [6.45, 7) is 5.76. The van der Waals surface area contributed by atoms with Gasteiger partial charge in [0, 0.05) is 66.0 Å². The molecule has 0 radical (unpaired) electrons. The highest BCUT2D eigenvalue weighted by molar-refractivity contribution is 5.93. The highest BCUT2D eigenvalue weighted by Gasteiger charge is 2.32. The van der Waals surface area contributed by atoms with Gasteiger partial charge in [0.15, 0.2) is 0 Å². The molecule has 40 heavy (non-hydrogen) atoms. The van der Waals surface area contributed by atoms with Crippen LogP contribution >= 0.6 is 0 Å². The highest BCUT2D eigenvalue weighted by Crippen LogP contribution is 2.37. The van der Waals surface area contributed by atoms with E-state index in [4.69, 9.17) is 14.7 Å². The predicted octanol–water partition coefficient (Wildman–Crippen LogP) is 4.55. The number of fused-ring (bicyclic) bond motifs is 3. The lowest BCUT2D eigenvalue weighted by atomic mass is 9.95. The number of hydrogen-bond acceptors (Lipinski definition) is 8. The van der Waals surface area contributed by atoms with Crippen LogP contribution in [0.4, 0.5) is 15.9 Å². The molecular formula is C31H34FN7O. The third-order valence-corrected chi connectivity index (χ3v) is 8.84. The van der Waals surface area contributed by atoms with Crippen LogP contribution in [0.15, 0.2) is 49.1 Å². The molecule has 3 aliphatic heterocycles. The van der Waals surface area contributed by atoms with Crippen molar-refractivity contribution in [1.29, 1.82) is 0 Å². The summed E-state index contributed by atoms with van der Waals surface area (Å²) in [6, 6.07) is 9.34. The lowest BCUT2D eigenvalue weighted by Gasteiger charge is -2.39. The average Bonchev–Trinajstić information content (AvgIpc) is 3.39.